The predicted octanol–water partition coefficient (Wildman–Crippen LogP) is 2.85. The fourth-order valence-electron chi connectivity index (χ4n) is 2.70. The number of carbonyl (C=O) groups excluding carboxylic acids is 2. The van der Waals surface area contributed by atoms with E-state index in [1.165, 1.54) is 12.1 Å². The number of ketones is 1. The van der Waals surface area contributed by atoms with Crippen molar-refractivity contribution >= 4 is 32.5 Å². The molecular weight excluding hydrogens is 378 g/mol. The number of ether oxygens (including phenoxy) is 1. The number of carbonyl (C=O) groups is 2. The molecule has 6 nitrogen and oxygen atoms in total. The summed E-state index contributed by atoms with van der Waals surface area (Å²) in [5, 5.41) is 1.68. The minimum Gasteiger partial charge on any atom is -0.456 e. The van der Waals surface area contributed by atoms with Gasteiger partial charge in [-0.25, -0.2) is 8.42 Å². The van der Waals surface area contributed by atoms with Gasteiger partial charge < -0.3 is 4.74 Å². The van der Waals surface area contributed by atoms with Gasteiger partial charge in [-0.05, 0) is 29.8 Å². The van der Waals surface area contributed by atoms with Gasteiger partial charge in [0.25, 0.3) is 0 Å². The number of sulfonamides is 1. The van der Waals surface area contributed by atoms with Gasteiger partial charge in [0.2, 0.25) is 15.8 Å². The van der Waals surface area contributed by atoms with Crippen LogP contribution in [0.5, 0.6) is 0 Å². The zero-order valence-electron chi connectivity index (χ0n) is 15.2. The van der Waals surface area contributed by atoms with E-state index in [0.29, 0.717) is 5.56 Å². The van der Waals surface area contributed by atoms with Crippen molar-refractivity contribution in [1.82, 2.24) is 4.72 Å². The van der Waals surface area contributed by atoms with E-state index in [-0.39, 0.29) is 10.7 Å². The van der Waals surface area contributed by atoms with E-state index in [4.69, 9.17) is 4.74 Å². The van der Waals surface area contributed by atoms with Crippen LogP contribution in [0.15, 0.2) is 71.6 Å². The van der Waals surface area contributed by atoms with Crippen LogP contribution in [0.4, 0.5) is 0 Å². The van der Waals surface area contributed by atoms with Gasteiger partial charge in [-0.2, -0.15) is 4.72 Å². The number of nitrogens with one attached hydrogen (secondary N) is 1. The monoisotopic (exact) mass is 397 g/mol. The maximum atomic E-state index is 12.4. The van der Waals surface area contributed by atoms with Crippen LogP contribution in [0.2, 0.25) is 0 Å². The number of aryl methyl sites for hydroxylation is 1. The van der Waals surface area contributed by atoms with E-state index in [2.05, 4.69) is 4.72 Å². The third kappa shape index (κ3) is 4.62. The van der Waals surface area contributed by atoms with Crippen molar-refractivity contribution in [1.29, 1.82) is 0 Å². The van der Waals surface area contributed by atoms with Crippen LogP contribution in [-0.2, 0) is 19.6 Å². The van der Waals surface area contributed by atoms with E-state index >= 15 is 0 Å². The average Bonchev–Trinajstić information content (AvgIpc) is 2.70. The number of benzene rings is 3. The number of hydrogen-bond donors (Lipinski definition) is 1. The Balaban J connectivity index is 1.58. The van der Waals surface area contributed by atoms with Crippen LogP contribution in [0.3, 0.4) is 0 Å². The third-order valence-electron chi connectivity index (χ3n) is 4.19. The second kappa shape index (κ2) is 8.33. The van der Waals surface area contributed by atoms with Crippen LogP contribution in [0.1, 0.15) is 15.9 Å². The highest BCUT2D eigenvalue weighted by Crippen LogP contribution is 2.19. The van der Waals surface area contributed by atoms with Gasteiger partial charge >= 0.3 is 5.97 Å². The Morgan fingerprint density at radius 3 is 2.36 bits per heavy atom. The first-order chi connectivity index (χ1) is 13.4. The Labute approximate surface area is 163 Å². The van der Waals surface area contributed by atoms with Gasteiger partial charge in [0, 0.05) is 5.56 Å². The maximum Gasteiger partial charge on any atom is 0.321 e. The summed E-state index contributed by atoms with van der Waals surface area (Å²) in [6.07, 6.45) is 0. The lowest BCUT2D eigenvalue weighted by molar-refractivity contribution is -0.141. The Bertz CT molecular complexity index is 1120. The molecule has 1 N–H and O–H groups in total. The van der Waals surface area contributed by atoms with Crippen LogP contribution in [0, 0.1) is 6.92 Å². The topological polar surface area (TPSA) is 89.5 Å². The van der Waals surface area contributed by atoms with Crippen molar-refractivity contribution in [2.75, 3.05) is 13.2 Å². The quantitative estimate of drug-likeness (QED) is 0.489. The first-order valence-electron chi connectivity index (χ1n) is 8.60. The second-order valence-electron chi connectivity index (χ2n) is 6.25. The fraction of sp³-hybridized carbons (Fsp3) is 0.143. The summed E-state index contributed by atoms with van der Waals surface area (Å²) < 4.78 is 31.5. The van der Waals surface area contributed by atoms with E-state index in [0.717, 1.165) is 16.3 Å². The molecule has 0 aromatic heterocycles. The zero-order valence-corrected chi connectivity index (χ0v) is 16.0. The standard InChI is InChI=1S/C21H19NO5S/c1-15-9-11-17(12-10-15)28(25,26)22-13-21(24)27-14-20(23)19-8-4-6-16-5-2-3-7-18(16)19/h2-12,22H,13-14H2,1H3. The van der Waals surface area contributed by atoms with Gasteiger partial charge in [-0.1, -0.05) is 60.2 Å². The number of hydrogen-bond acceptors (Lipinski definition) is 5. The molecule has 0 aliphatic rings. The molecule has 0 heterocycles. The molecule has 144 valence electrons. The van der Waals surface area contributed by atoms with Crippen molar-refractivity contribution in [2.24, 2.45) is 0 Å². The number of fused-ring (bicyclic) bond motifs is 1. The molecule has 0 fully saturated rings. The molecule has 0 saturated heterocycles. The van der Waals surface area contributed by atoms with E-state index in [1.54, 1.807) is 24.3 Å². The smallest absolute Gasteiger partial charge is 0.321 e. The third-order valence-corrected chi connectivity index (χ3v) is 5.61. The van der Waals surface area contributed by atoms with E-state index < -0.39 is 29.1 Å². The minimum absolute atomic E-state index is 0.0535. The van der Waals surface area contributed by atoms with E-state index in [1.807, 2.05) is 37.3 Å². The molecule has 3 aromatic rings. The van der Waals surface area contributed by atoms with Crippen LogP contribution in [0.25, 0.3) is 10.8 Å². The van der Waals surface area contributed by atoms with Crippen molar-refractivity contribution in [3.63, 3.8) is 0 Å². The van der Waals surface area contributed by atoms with Gasteiger partial charge in [0.1, 0.15) is 6.54 Å². The Morgan fingerprint density at radius 1 is 0.929 bits per heavy atom. The molecule has 3 aromatic carbocycles. The summed E-state index contributed by atoms with van der Waals surface area (Å²) in [5.41, 5.74) is 1.37. The fourth-order valence-corrected chi connectivity index (χ4v) is 3.67. The lowest BCUT2D eigenvalue weighted by atomic mass is 10.0. The molecule has 0 radical (unpaired) electrons. The van der Waals surface area contributed by atoms with Crippen LogP contribution in [-0.4, -0.2) is 33.3 Å². The lowest BCUT2D eigenvalue weighted by Gasteiger charge is -2.09. The minimum atomic E-state index is -3.83. The molecule has 0 amide bonds. The zero-order chi connectivity index (χ0) is 20.1. The summed E-state index contributed by atoms with van der Waals surface area (Å²) in [6.45, 7) is 0.826. The average molecular weight is 397 g/mol. The molecule has 0 atom stereocenters. The number of Topliss-reactive ketones (excluding diaryl/α,β-unsaturated/α-hetero) is 1. The summed E-state index contributed by atoms with van der Waals surface area (Å²) in [7, 11) is -3.83. The summed E-state index contributed by atoms with van der Waals surface area (Å²) in [4.78, 5) is 24.3. The highest BCUT2D eigenvalue weighted by Gasteiger charge is 2.17. The van der Waals surface area contributed by atoms with Gasteiger partial charge in [-0.15, -0.1) is 0 Å². The Kier molecular flexibility index (Phi) is 5.87. The lowest BCUT2D eigenvalue weighted by Crippen LogP contribution is -2.31. The van der Waals surface area contributed by atoms with Gasteiger partial charge in [-0.3, -0.25) is 9.59 Å². The highest BCUT2D eigenvalue weighted by atomic mass is 32.2. The van der Waals surface area contributed by atoms with E-state index in [9.17, 15) is 18.0 Å². The molecule has 0 aliphatic carbocycles. The largest absolute Gasteiger partial charge is 0.456 e. The number of rotatable bonds is 7. The summed E-state index contributed by atoms with van der Waals surface area (Å²) in [5.74, 6) is -1.18. The molecular formula is C21H19NO5S. The van der Waals surface area contributed by atoms with Gasteiger partial charge in [0.05, 0.1) is 4.90 Å². The first kappa shape index (κ1) is 19.7. The molecule has 0 spiro atoms. The summed E-state index contributed by atoms with van der Waals surface area (Å²) in [6, 6.07) is 18.9. The predicted molar refractivity (Wildman–Crippen MR) is 106 cm³/mol. The Hall–Kier alpha value is -3.03. The molecule has 28 heavy (non-hydrogen) atoms. The number of esters is 1. The van der Waals surface area contributed by atoms with Crippen molar-refractivity contribution in [3.05, 3.63) is 77.9 Å². The molecule has 0 unspecified atom stereocenters. The molecule has 0 aliphatic heterocycles. The molecule has 0 saturated carbocycles. The maximum absolute atomic E-state index is 12.4. The molecule has 0 bridgehead atoms. The molecule has 3 rings (SSSR count). The van der Waals surface area contributed by atoms with Crippen molar-refractivity contribution in [2.45, 2.75) is 11.8 Å². The first-order valence-corrected chi connectivity index (χ1v) is 10.1. The summed E-state index contributed by atoms with van der Waals surface area (Å²) >= 11 is 0. The van der Waals surface area contributed by atoms with Crippen LogP contribution < -0.4 is 4.72 Å². The van der Waals surface area contributed by atoms with Crippen molar-refractivity contribution in [3.8, 4) is 0 Å². The molecule has 7 heteroatoms. The Morgan fingerprint density at radius 2 is 1.61 bits per heavy atom. The normalized spacial score (nSPS) is 11.3. The highest BCUT2D eigenvalue weighted by molar-refractivity contribution is 7.89. The van der Waals surface area contributed by atoms with Gasteiger partial charge in [0.15, 0.2) is 6.61 Å². The van der Waals surface area contributed by atoms with Crippen LogP contribution >= 0.6 is 0 Å². The second-order valence-corrected chi connectivity index (χ2v) is 8.02. The SMILES string of the molecule is Cc1ccc(S(=O)(=O)NCC(=O)OCC(=O)c2cccc3ccccc23)cc1. The van der Waals surface area contributed by atoms with Crippen molar-refractivity contribution < 1.29 is 22.7 Å².